The maximum Gasteiger partial charge on any atom is 0.349 e. The Morgan fingerprint density at radius 3 is 2.27 bits per heavy atom. The molecule has 2 aromatic carbocycles. The van der Waals surface area contributed by atoms with Gasteiger partial charge in [-0.1, -0.05) is 41.9 Å². The fourth-order valence-electron chi connectivity index (χ4n) is 2.24. The number of aromatic nitrogens is 2. The smallest absolute Gasteiger partial charge is 0.269 e. The SMILES string of the molecule is O=C(/C=C/c1ccccc1)n1ccn(S(=O)(=O)c2ccc(Cl)cc2)c1=O. The summed E-state index contributed by atoms with van der Waals surface area (Å²) < 4.78 is 26.4. The van der Waals surface area contributed by atoms with Gasteiger partial charge in [0.1, 0.15) is 0 Å². The summed E-state index contributed by atoms with van der Waals surface area (Å²) in [6.45, 7) is 0. The van der Waals surface area contributed by atoms with Crippen molar-refractivity contribution in [3.63, 3.8) is 0 Å². The van der Waals surface area contributed by atoms with E-state index in [1.165, 1.54) is 30.3 Å². The van der Waals surface area contributed by atoms with Crippen LogP contribution in [0.1, 0.15) is 10.4 Å². The molecule has 0 aliphatic rings. The molecule has 3 rings (SSSR count). The summed E-state index contributed by atoms with van der Waals surface area (Å²) in [5.74, 6) is -0.649. The lowest BCUT2D eigenvalue weighted by atomic mass is 10.2. The summed E-state index contributed by atoms with van der Waals surface area (Å²) in [5, 5.41) is 0.370. The average Bonchev–Trinajstić information content (AvgIpc) is 3.03. The fourth-order valence-corrected chi connectivity index (χ4v) is 3.59. The highest BCUT2D eigenvalue weighted by atomic mass is 35.5. The standard InChI is InChI=1S/C18H13ClN2O4S/c19-15-7-9-16(10-8-15)26(24,25)21-13-12-20(18(21)23)17(22)11-6-14-4-2-1-3-5-14/h1-13H/b11-6+. The molecule has 132 valence electrons. The zero-order chi connectivity index (χ0) is 18.7. The molecule has 26 heavy (non-hydrogen) atoms. The van der Waals surface area contributed by atoms with Crippen molar-refractivity contribution in [1.29, 1.82) is 0 Å². The van der Waals surface area contributed by atoms with Crippen LogP contribution in [0.15, 0.2) is 82.8 Å². The molecule has 1 heterocycles. The first-order valence-corrected chi connectivity index (χ1v) is 9.30. The Morgan fingerprint density at radius 2 is 1.62 bits per heavy atom. The van der Waals surface area contributed by atoms with Gasteiger partial charge in [-0.15, -0.1) is 0 Å². The number of halogens is 1. The third-order valence-corrected chi connectivity index (χ3v) is 5.49. The molecule has 8 heteroatoms. The monoisotopic (exact) mass is 388 g/mol. The molecule has 1 aromatic heterocycles. The maximum absolute atomic E-state index is 12.6. The van der Waals surface area contributed by atoms with E-state index in [2.05, 4.69) is 0 Å². The molecule has 0 amide bonds. The van der Waals surface area contributed by atoms with Crippen LogP contribution in [0, 0.1) is 0 Å². The Hall–Kier alpha value is -2.90. The Morgan fingerprint density at radius 1 is 0.962 bits per heavy atom. The third kappa shape index (κ3) is 3.54. The number of allylic oxidation sites excluding steroid dienone is 1. The van der Waals surface area contributed by atoms with Crippen LogP contribution < -0.4 is 5.69 Å². The van der Waals surface area contributed by atoms with E-state index in [-0.39, 0.29) is 4.90 Å². The molecule has 0 saturated carbocycles. The number of hydrogen-bond donors (Lipinski definition) is 0. The molecule has 0 unspecified atom stereocenters. The van der Waals surface area contributed by atoms with Crippen LogP contribution >= 0.6 is 11.6 Å². The second kappa shape index (κ2) is 7.15. The van der Waals surface area contributed by atoms with Gasteiger partial charge in [0.05, 0.1) is 4.90 Å². The van der Waals surface area contributed by atoms with Crippen LogP contribution in [-0.2, 0) is 10.0 Å². The molecule has 0 bridgehead atoms. The molecule has 0 radical (unpaired) electrons. The highest BCUT2D eigenvalue weighted by molar-refractivity contribution is 7.90. The van der Waals surface area contributed by atoms with E-state index in [4.69, 9.17) is 11.6 Å². The van der Waals surface area contributed by atoms with Gasteiger partial charge in [0, 0.05) is 23.5 Å². The van der Waals surface area contributed by atoms with Gasteiger partial charge in [-0.25, -0.2) is 17.8 Å². The Bertz CT molecular complexity index is 1130. The summed E-state index contributed by atoms with van der Waals surface area (Å²) in [7, 11) is -4.12. The van der Waals surface area contributed by atoms with Crippen LogP contribution in [0.25, 0.3) is 6.08 Å². The summed E-state index contributed by atoms with van der Waals surface area (Å²) in [6, 6.07) is 14.4. The first kappa shape index (κ1) is 17.9. The van der Waals surface area contributed by atoms with Crippen LogP contribution in [0.4, 0.5) is 0 Å². The maximum atomic E-state index is 12.6. The number of benzene rings is 2. The minimum absolute atomic E-state index is 0.103. The quantitative estimate of drug-likeness (QED) is 0.644. The molecule has 0 aliphatic carbocycles. The topological polar surface area (TPSA) is 78.1 Å². The lowest BCUT2D eigenvalue weighted by Crippen LogP contribution is -2.31. The van der Waals surface area contributed by atoms with E-state index in [0.29, 0.717) is 9.00 Å². The van der Waals surface area contributed by atoms with Crippen molar-refractivity contribution in [2.75, 3.05) is 0 Å². The second-order valence-electron chi connectivity index (χ2n) is 5.29. The Balaban J connectivity index is 1.93. The highest BCUT2D eigenvalue weighted by Crippen LogP contribution is 2.16. The Kier molecular flexibility index (Phi) is 4.92. The Labute approximate surface area is 154 Å². The molecular weight excluding hydrogens is 376 g/mol. The van der Waals surface area contributed by atoms with Crippen LogP contribution in [0.5, 0.6) is 0 Å². The molecule has 3 aromatic rings. The lowest BCUT2D eigenvalue weighted by Gasteiger charge is -2.04. The van der Waals surface area contributed by atoms with E-state index in [0.717, 1.165) is 22.5 Å². The molecule has 0 spiro atoms. The van der Waals surface area contributed by atoms with Crippen molar-refractivity contribution >= 4 is 33.6 Å². The average molecular weight is 389 g/mol. The predicted molar refractivity (Wildman–Crippen MR) is 98.8 cm³/mol. The van der Waals surface area contributed by atoms with Crippen molar-refractivity contribution in [3.05, 3.63) is 94.1 Å². The molecule has 6 nitrogen and oxygen atoms in total. The number of carbonyl (C=O) groups excluding carboxylic acids is 1. The number of rotatable bonds is 4. The zero-order valence-corrected chi connectivity index (χ0v) is 14.9. The van der Waals surface area contributed by atoms with Crippen molar-refractivity contribution in [1.82, 2.24) is 8.54 Å². The van der Waals surface area contributed by atoms with E-state index in [1.807, 2.05) is 18.2 Å². The van der Waals surface area contributed by atoms with Gasteiger partial charge in [-0.05, 0) is 35.9 Å². The second-order valence-corrected chi connectivity index (χ2v) is 7.54. The largest absolute Gasteiger partial charge is 0.349 e. The van der Waals surface area contributed by atoms with Gasteiger partial charge in [0.25, 0.3) is 15.9 Å². The first-order chi connectivity index (χ1) is 12.4. The molecular formula is C18H13ClN2O4S. The van der Waals surface area contributed by atoms with Gasteiger partial charge < -0.3 is 0 Å². The molecule has 0 fully saturated rings. The number of imidazole rings is 1. The van der Waals surface area contributed by atoms with Gasteiger partial charge in [0.15, 0.2) is 0 Å². The number of nitrogens with zero attached hydrogens (tertiary/aromatic N) is 2. The number of hydrogen-bond acceptors (Lipinski definition) is 4. The zero-order valence-electron chi connectivity index (χ0n) is 13.3. The van der Waals surface area contributed by atoms with E-state index < -0.39 is 21.6 Å². The molecule has 0 N–H and O–H groups in total. The molecule has 0 atom stereocenters. The van der Waals surface area contributed by atoms with Gasteiger partial charge in [-0.2, -0.15) is 3.97 Å². The van der Waals surface area contributed by atoms with Crippen molar-refractivity contribution in [2.24, 2.45) is 0 Å². The van der Waals surface area contributed by atoms with Gasteiger partial charge in [-0.3, -0.25) is 4.79 Å². The van der Waals surface area contributed by atoms with Crippen LogP contribution in [0.3, 0.4) is 0 Å². The summed E-state index contributed by atoms with van der Waals surface area (Å²) in [6.07, 6.45) is 4.91. The van der Waals surface area contributed by atoms with Crippen LogP contribution in [-0.4, -0.2) is 22.9 Å². The highest BCUT2D eigenvalue weighted by Gasteiger charge is 2.21. The molecule has 0 saturated heterocycles. The van der Waals surface area contributed by atoms with Crippen molar-refractivity contribution in [3.8, 4) is 0 Å². The summed E-state index contributed by atoms with van der Waals surface area (Å²) in [4.78, 5) is 24.5. The van der Waals surface area contributed by atoms with E-state index in [1.54, 1.807) is 18.2 Å². The van der Waals surface area contributed by atoms with Crippen LogP contribution in [0.2, 0.25) is 5.02 Å². The van der Waals surface area contributed by atoms with Gasteiger partial charge >= 0.3 is 5.69 Å². The van der Waals surface area contributed by atoms with Gasteiger partial charge in [0.2, 0.25) is 0 Å². The minimum atomic E-state index is -4.12. The van der Waals surface area contributed by atoms with Crippen molar-refractivity contribution < 1.29 is 13.2 Å². The van der Waals surface area contributed by atoms with E-state index >= 15 is 0 Å². The van der Waals surface area contributed by atoms with Crippen molar-refractivity contribution in [2.45, 2.75) is 4.90 Å². The third-order valence-electron chi connectivity index (χ3n) is 3.57. The molecule has 0 aliphatic heterocycles. The normalized spacial score (nSPS) is 11.7. The number of carbonyl (C=O) groups is 1. The predicted octanol–water partition coefficient (Wildman–Crippen LogP) is 2.89. The fraction of sp³-hybridized carbons (Fsp3) is 0. The summed E-state index contributed by atoms with van der Waals surface area (Å²) in [5.41, 5.74) is -0.190. The summed E-state index contributed by atoms with van der Waals surface area (Å²) >= 11 is 5.75. The minimum Gasteiger partial charge on any atom is -0.269 e. The first-order valence-electron chi connectivity index (χ1n) is 7.48. The lowest BCUT2D eigenvalue weighted by molar-refractivity contribution is 0.0966. The van der Waals surface area contributed by atoms with E-state index in [9.17, 15) is 18.0 Å².